The molecule has 7 nitrogen and oxygen atoms in total. The zero-order valence-electron chi connectivity index (χ0n) is 12.5. The summed E-state index contributed by atoms with van der Waals surface area (Å²) in [5.41, 5.74) is 1.07. The van der Waals surface area contributed by atoms with Gasteiger partial charge in [0.1, 0.15) is 5.82 Å². The van der Waals surface area contributed by atoms with Gasteiger partial charge in [-0.15, -0.1) is 0 Å². The van der Waals surface area contributed by atoms with Gasteiger partial charge < -0.3 is 5.32 Å². The molecule has 0 aliphatic carbocycles. The Morgan fingerprint density at radius 1 is 1.26 bits per heavy atom. The monoisotopic (exact) mass is 334 g/mol. The fourth-order valence-electron chi connectivity index (χ4n) is 2.57. The molecule has 23 heavy (non-hydrogen) atoms. The van der Waals surface area contributed by atoms with E-state index in [2.05, 4.69) is 15.7 Å². The Balaban J connectivity index is 1.60. The maximum Gasteiger partial charge on any atom is 0.320 e. The molecular formula is C15H18N4O3S. The first kappa shape index (κ1) is 15.5. The van der Waals surface area contributed by atoms with Gasteiger partial charge in [0.25, 0.3) is 0 Å². The van der Waals surface area contributed by atoms with Crippen LogP contribution in [0, 0.1) is 0 Å². The zero-order valence-corrected chi connectivity index (χ0v) is 13.3. The molecule has 2 amide bonds. The average molecular weight is 334 g/mol. The number of hydrogen-bond acceptors (Lipinski definition) is 4. The van der Waals surface area contributed by atoms with Crippen LogP contribution < -0.4 is 10.6 Å². The maximum atomic E-state index is 12.0. The lowest BCUT2D eigenvalue weighted by Crippen LogP contribution is -2.39. The van der Waals surface area contributed by atoms with Crippen molar-refractivity contribution in [3.8, 4) is 0 Å². The second-order valence-corrected chi connectivity index (χ2v) is 7.79. The van der Waals surface area contributed by atoms with Crippen molar-refractivity contribution in [2.24, 2.45) is 0 Å². The van der Waals surface area contributed by atoms with E-state index < -0.39 is 15.9 Å². The molecule has 1 saturated heterocycles. The molecule has 1 fully saturated rings. The fourth-order valence-corrected chi connectivity index (χ4v) is 4.24. The Hall–Kier alpha value is -2.35. The molecule has 1 aliphatic heterocycles. The van der Waals surface area contributed by atoms with Crippen LogP contribution in [-0.4, -0.2) is 41.8 Å². The highest BCUT2D eigenvalue weighted by Crippen LogP contribution is 2.13. The molecule has 0 saturated carbocycles. The van der Waals surface area contributed by atoms with Crippen molar-refractivity contribution in [1.82, 2.24) is 15.1 Å². The van der Waals surface area contributed by atoms with Crippen LogP contribution in [0.5, 0.6) is 0 Å². The van der Waals surface area contributed by atoms with Gasteiger partial charge >= 0.3 is 6.03 Å². The van der Waals surface area contributed by atoms with Crippen molar-refractivity contribution in [3.63, 3.8) is 0 Å². The topological polar surface area (TPSA) is 93.1 Å². The third-order valence-electron chi connectivity index (χ3n) is 3.70. The summed E-state index contributed by atoms with van der Waals surface area (Å²) in [6.45, 7) is 0.543. The minimum Gasteiger partial charge on any atom is -0.334 e. The van der Waals surface area contributed by atoms with Crippen LogP contribution in [0.15, 0.2) is 42.6 Å². The lowest BCUT2D eigenvalue weighted by atomic mass is 10.2. The first-order valence-electron chi connectivity index (χ1n) is 7.35. The lowest BCUT2D eigenvalue weighted by molar-refractivity contribution is 0.249. The number of benzene rings is 1. The highest BCUT2D eigenvalue weighted by Gasteiger charge is 2.29. The normalized spacial score (nSPS) is 19.4. The number of rotatable bonds is 4. The van der Waals surface area contributed by atoms with Gasteiger partial charge in [-0.05, 0) is 12.0 Å². The van der Waals surface area contributed by atoms with Gasteiger partial charge in [-0.2, -0.15) is 5.10 Å². The molecule has 1 unspecified atom stereocenters. The number of nitrogens with zero attached hydrogens (tertiary/aromatic N) is 2. The SMILES string of the molecule is O=C(Nc1ccnn1Cc1ccccc1)NC1CCS(=O)(=O)C1. The number of sulfone groups is 1. The van der Waals surface area contributed by atoms with Crippen LogP contribution in [0.1, 0.15) is 12.0 Å². The highest BCUT2D eigenvalue weighted by molar-refractivity contribution is 7.91. The van der Waals surface area contributed by atoms with Crippen molar-refractivity contribution in [2.75, 3.05) is 16.8 Å². The molecule has 2 aromatic rings. The molecule has 2 N–H and O–H groups in total. The summed E-state index contributed by atoms with van der Waals surface area (Å²) < 4.78 is 24.5. The standard InChI is InChI=1S/C15H18N4O3S/c20-15(17-13-7-9-23(21,22)11-13)18-14-6-8-16-19(14)10-12-4-2-1-3-5-12/h1-6,8,13H,7,9-11H2,(H2,17,18,20). The minimum atomic E-state index is -3.01. The summed E-state index contributed by atoms with van der Waals surface area (Å²) in [5, 5.41) is 9.61. The number of urea groups is 1. The number of aromatic nitrogens is 2. The van der Waals surface area contributed by atoms with E-state index in [1.165, 1.54) is 0 Å². The largest absolute Gasteiger partial charge is 0.334 e. The summed E-state index contributed by atoms with van der Waals surface area (Å²) in [5.74, 6) is 0.695. The van der Waals surface area contributed by atoms with Crippen LogP contribution in [0.2, 0.25) is 0 Å². The van der Waals surface area contributed by atoms with E-state index in [4.69, 9.17) is 0 Å². The fraction of sp³-hybridized carbons (Fsp3) is 0.333. The van der Waals surface area contributed by atoms with Crippen molar-refractivity contribution < 1.29 is 13.2 Å². The van der Waals surface area contributed by atoms with Gasteiger partial charge in [-0.1, -0.05) is 30.3 Å². The molecule has 0 spiro atoms. The molecule has 1 aromatic heterocycles. The highest BCUT2D eigenvalue weighted by atomic mass is 32.2. The van der Waals surface area contributed by atoms with E-state index in [0.717, 1.165) is 5.56 Å². The molecule has 8 heteroatoms. The van der Waals surface area contributed by atoms with Crippen LogP contribution in [0.25, 0.3) is 0 Å². The van der Waals surface area contributed by atoms with E-state index in [-0.39, 0.29) is 17.5 Å². The first-order chi connectivity index (χ1) is 11.0. The van der Waals surface area contributed by atoms with Crippen LogP contribution in [0.3, 0.4) is 0 Å². The van der Waals surface area contributed by atoms with Crippen molar-refractivity contribution >= 4 is 21.7 Å². The molecule has 0 bridgehead atoms. The van der Waals surface area contributed by atoms with Crippen molar-refractivity contribution in [1.29, 1.82) is 0 Å². The Labute approximate surface area is 134 Å². The lowest BCUT2D eigenvalue weighted by Gasteiger charge is -2.13. The maximum absolute atomic E-state index is 12.0. The van der Waals surface area contributed by atoms with Crippen molar-refractivity contribution in [2.45, 2.75) is 19.0 Å². The number of hydrogen-bond donors (Lipinski definition) is 2. The summed E-state index contributed by atoms with van der Waals surface area (Å²) in [4.78, 5) is 12.0. The summed E-state index contributed by atoms with van der Waals surface area (Å²) in [7, 11) is -3.01. The zero-order chi connectivity index (χ0) is 16.3. The smallest absolute Gasteiger partial charge is 0.320 e. The molecule has 0 radical (unpaired) electrons. The van der Waals surface area contributed by atoms with E-state index in [1.54, 1.807) is 16.9 Å². The van der Waals surface area contributed by atoms with E-state index in [1.807, 2.05) is 30.3 Å². The van der Waals surface area contributed by atoms with Gasteiger partial charge in [0.05, 0.1) is 24.2 Å². The minimum absolute atomic E-state index is 0.00367. The summed E-state index contributed by atoms with van der Waals surface area (Å²) in [6.07, 6.45) is 2.07. The predicted octanol–water partition coefficient (Wildman–Crippen LogP) is 1.24. The quantitative estimate of drug-likeness (QED) is 0.880. The number of carbonyl (C=O) groups is 1. The second kappa shape index (κ2) is 6.41. The van der Waals surface area contributed by atoms with Crippen LogP contribution >= 0.6 is 0 Å². The number of nitrogens with one attached hydrogen (secondary N) is 2. The molecule has 1 aliphatic rings. The van der Waals surface area contributed by atoms with E-state index in [9.17, 15) is 13.2 Å². The van der Waals surface area contributed by atoms with Crippen molar-refractivity contribution in [3.05, 3.63) is 48.2 Å². The molecule has 2 heterocycles. The van der Waals surface area contributed by atoms with E-state index >= 15 is 0 Å². The van der Waals surface area contributed by atoms with Gasteiger partial charge in [-0.3, -0.25) is 5.32 Å². The molecule has 122 valence electrons. The van der Waals surface area contributed by atoms with Gasteiger partial charge in [-0.25, -0.2) is 17.9 Å². The third kappa shape index (κ3) is 4.10. The molecule has 1 aromatic carbocycles. The number of carbonyl (C=O) groups excluding carboxylic acids is 1. The number of anilines is 1. The molecular weight excluding hydrogens is 316 g/mol. The van der Waals surface area contributed by atoms with Crippen LogP contribution in [0.4, 0.5) is 10.6 Å². The molecule has 1 atom stereocenters. The number of amides is 2. The Morgan fingerprint density at radius 3 is 2.74 bits per heavy atom. The Morgan fingerprint density at radius 2 is 2.04 bits per heavy atom. The molecule has 3 rings (SSSR count). The van der Waals surface area contributed by atoms with Gasteiger partial charge in [0.2, 0.25) is 0 Å². The predicted molar refractivity (Wildman–Crippen MR) is 87.0 cm³/mol. The Bertz CT molecular complexity index is 786. The summed E-state index contributed by atoms with van der Waals surface area (Å²) >= 11 is 0. The van der Waals surface area contributed by atoms with Crippen LogP contribution in [-0.2, 0) is 16.4 Å². The third-order valence-corrected chi connectivity index (χ3v) is 5.47. The van der Waals surface area contributed by atoms with Gasteiger partial charge in [0.15, 0.2) is 9.84 Å². The second-order valence-electron chi connectivity index (χ2n) is 5.56. The first-order valence-corrected chi connectivity index (χ1v) is 9.18. The summed E-state index contributed by atoms with van der Waals surface area (Å²) in [6, 6.07) is 10.7. The van der Waals surface area contributed by atoms with Gasteiger partial charge in [0, 0.05) is 12.1 Å². The average Bonchev–Trinajstić information content (AvgIpc) is 3.06. The Kier molecular flexibility index (Phi) is 4.33. The van der Waals surface area contributed by atoms with E-state index in [0.29, 0.717) is 18.8 Å².